The number of nitrogens with two attached hydrogens (primary N) is 1. The number of methoxy groups -OCH3 is 1. The zero-order chi connectivity index (χ0) is 16.1. The van der Waals surface area contributed by atoms with Gasteiger partial charge in [0.2, 0.25) is 11.8 Å². The van der Waals surface area contributed by atoms with Crippen molar-refractivity contribution in [3.05, 3.63) is 0 Å². The summed E-state index contributed by atoms with van der Waals surface area (Å²) in [4.78, 5) is 35.8. The first-order chi connectivity index (χ1) is 10.5. The summed E-state index contributed by atoms with van der Waals surface area (Å²) in [6.07, 6.45) is 4.71. The fourth-order valence-electron chi connectivity index (χ4n) is 2.80. The van der Waals surface area contributed by atoms with Gasteiger partial charge >= 0.3 is 5.97 Å². The lowest BCUT2D eigenvalue weighted by Gasteiger charge is -2.26. The summed E-state index contributed by atoms with van der Waals surface area (Å²) in [6, 6.07) is -1.43. The van der Waals surface area contributed by atoms with Gasteiger partial charge in [-0.05, 0) is 31.6 Å². The Bertz CT molecular complexity index is 442. The monoisotopic (exact) mass is 347 g/mol. The Morgan fingerprint density at radius 3 is 2.61 bits per heavy atom. The number of piperidine rings is 1. The molecular formula is C15H26ClN3O4. The molecule has 3 atom stereocenters. The zero-order valence-corrected chi connectivity index (χ0v) is 14.2. The Hall–Kier alpha value is -1.34. The number of hydrogen-bond acceptors (Lipinski definition) is 5. The van der Waals surface area contributed by atoms with Crippen LogP contribution in [0.4, 0.5) is 0 Å². The number of rotatable bonds is 7. The van der Waals surface area contributed by atoms with Crippen LogP contribution in [0.25, 0.3) is 0 Å². The normalized spacial score (nSPS) is 23.0. The van der Waals surface area contributed by atoms with E-state index in [2.05, 4.69) is 10.6 Å². The van der Waals surface area contributed by atoms with Gasteiger partial charge < -0.3 is 21.1 Å². The van der Waals surface area contributed by atoms with Crippen molar-refractivity contribution in [1.29, 1.82) is 0 Å². The summed E-state index contributed by atoms with van der Waals surface area (Å²) >= 11 is 0. The van der Waals surface area contributed by atoms with Crippen LogP contribution in [0.15, 0.2) is 0 Å². The van der Waals surface area contributed by atoms with Crippen LogP contribution < -0.4 is 16.4 Å². The van der Waals surface area contributed by atoms with Crippen molar-refractivity contribution in [3.63, 3.8) is 0 Å². The van der Waals surface area contributed by atoms with Crippen LogP contribution in [0.3, 0.4) is 0 Å². The summed E-state index contributed by atoms with van der Waals surface area (Å²) in [7, 11) is 1.27. The van der Waals surface area contributed by atoms with Gasteiger partial charge in [0, 0.05) is 12.5 Å². The highest BCUT2D eigenvalue weighted by Crippen LogP contribution is 2.33. The number of carbonyl (C=O) groups excluding carboxylic acids is 3. The minimum atomic E-state index is -0.823. The topological polar surface area (TPSA) is 111 Å². The van der Waals surface area contributed by atoms with E-state index in [0.29, 0.717) is 25.3 Å². The minimum absolute atomic E-state index is 0. The molecule has 4 N–H and O–H groups in total. The fourth-order valence-corrected chi connectivity index (χ4v) is 2.80. The molecule has 8 heteroatoms. The molecule has 0 bridgehead atoms. The second-order valence-electron chi connectivity index (χ2n) is 6.24. The number of carbonyl (C=O) groups is 3. The van der Waals surface area contributed by atoms with Crippen molar-refractivity contribution in [3.8, 4) is 0 Å². The second-order valence-corrected chi connectivity index (χ2v) is 6.24. The van der Waals surface area contributed by atoms with Crippen LogP contribution in [0.2, 0.25) is 0 Å². The number of nitrogens with one attached hydrogen (secondary N) is 2. The largest absolute Gasteiger partial charge is 0.467 e. The van der Waals surface area contributed by atoms with E-state index in [1.165, 1.54) is 7.11 Å². The molecule has 0 unspecified atom stereocenters. The summed E-state index contributed by atoms with van der Waals surface area (Å²) in [6.45, 7) is 0.664. The molecule has 1 aliphatic heterocycles. The molecule has 0 spiro atoms. The molecule has 7 nitrogen and oxygen atoms in total. The summed E-state index contributed by atoms with van der Waals surface area (Å²) < 4.78 is 4.74. The molecule has 132 valence electrons. The molecule has 2 amide bonds. The Balaban J connectivity index is 0.00000264. The van der Waals surface area contributed by atoms with Crippen LogP contribution in [-0.4, -0.2) is 43.5 Å². The van der Waals surface area contributed by atoms with Gasteiger partial charge in [0.1, 0.15) is 6.04 Å². The van der Waals surface area contributed by atoms with Gasteiger partial charge in [-0.1, -0.05) is 12.8 Å². The summed E-state index contributed by atoms with van der Waals surface area (Å²) in [5.41, 5.74) is 5.87. The van der Waals surface area contributed by atoms with Gasteiger partial charge in [0.05, 0.1) is 13.2 Å². The van der Waals surface area contributed by atoms with Gasteiger partial charge in [-0.2, -0.15) is 0 Å². The molecule has 0 aromatic carbocycles. The van der Waals surface area contributed by atoms with E-state index in [9.17, 15) is 14.4 Å². The lowest BCUT2D eigenvalue weighted by molar-refractivity contribution is -0.146. The maximum Gasteiger partial charge on any atom is 0.328 e. The highest BCUT2D eigenvalue weighted by molar-refractivity contribution is 5.88. The molecule has 0 radical (unpaired) electrons. The second kappa shape index (κ2) is 9.08. The maximum atomic E-state index is 12.1. The van der Waals surface area contributed by atoms with Crippen LogP contribution in [-0.2, 0) is 19.1 Å². The van der Waals surface area contributed by atoms with E-state index in [4.69, 9.17) is 10.5 Å². The Labute approximate surface area is 142 Å². The van der Waals surface area contributed by atoms with Crippen molar-refractivity contribution in [2.45, 2.75) is 50.6 Å². The molecule has 1 saturated carbocycles. The van der Waals surface area contributed by atoms with E-state index in [0.717, 1.165) is 19.3 Å². The van der Waals surface area contributed by atoms with Gasteiger partial charge in [-0.25, -0.2) is 4.79 Å². The highest BCUT2D eigenvalue weighted by atomic mass is 35.5. The number of amides is 2. The van der Waals surface area contributed by atoms with Crippen molar-refractivity contribution in [2.24, 2.45) is 17.6 Å². The quantitative estimate of drug-likeness (QED) is 0.566. The average Bonchev–Trinajstić information content (AvgIpc) is 3.31. The van der Waals surface area contributed by atoms with E-state index in [1.54, 1.807) is 0 Å². The number of ether oxygens (including phenoxy) is 1. The van der Waals surface area contributed by atoms with Crippen LogP contribution >= 0.6 is 12.4 Å². The summed E-state index contributed by atoms with van der Waals surface area (Å²) in [5, 5.41) is 5.43. The zero-order valence-electron chi connectivity index (χ0n) is 13.4. The third kappa shape index (κ3) is 5.99. The average molecular weight is 348 g/mol. The first-order valence-corrected chi connectivity index (χ1v) is 7.92. The molecule has 0 aromatic rings. The molecule has 23 heavy (non-hydrogen) atoms. The highest BCUT2D eigenvalue weighted by Gasteiger charge is 2.33. The Kier molecular flexibility index (Phi) is 7.78. The van der Waals surface area contributed by atoms with Crippen molar-refractivity contribution >= 4 is 30.2 Å². The minimum Gasteiger partial charge on any atom is -0.467 e. The maximum absolute atomic E-state index is 12.1. The predicted octanol–water partition coefficient (Wildman–Crippen LogP) is 0.110. The molecular weight excluding hydrogens is 322 g/mol. The Morgan fingerprint density at radius 1 is 1.35 bits per heavy atom. The fraction of sp³-hybridized carbons (Fsp3) is 0.800. The molecule has 2 fully saturated rings. The van der Waals surface area contributed by atoms with Crippen molar-refractivity contribution < 1.29 is 19.1 Å². The summed E-state index contributed by atoms with van der Waals surface area (Å²) in [5.74, 6) is -0.709. The number of halogens is 1. The van der Waals surface area contributed by atoms with E-state index >= 15 is 0 Å². The smallest absolute Gasteiger partial charge is 0.328 e. The van der Waals surface area contributed by atoms with Gasteiger partial charge in [0.15, 0.2) is 0 Å². The molecule has 1 heterocycles. The molecule has 0 aromatic heterocycles. The third-order valence-corrected chi connectivity index (χ3v) is 4.34. The van der Waals surface area contributed by atoms with Crippen molar-refractivity contribution in [1.82, 2.24) is 10.6 Å². The van der Waals surface area contributed by atoms with Gasteiger partial charge in [0.25, 0.3) is 0 Å². The molecule has 1 saturated heterocycles. The lowest BCUT2D eigenvalue weighted by atomic mass is 9.91. The van der Waals surface area contributed by atoms with Crippen molar-refractivity contribution in [2.75, 3.05) is 13.7 Å². The predicted molar refractivity (Wildman–Crippen MR) is 86.9 cm³/mol. The van der Waals surface area contributed by atoms with E-state index in [-0.39, 0.29) is 36.6 Å². The number of esters is 1. The standard InChI is InChI=1S/C15H25N3O4.ClH/c1-22-15(21)12(8-10-3-2-6-17-13(10)19)18-14(20)11(16)7-9-4-5-9;/h9-12H,2-8,16H2,1H3,(H,17,19)(H,18,20);1H/t10-,11-,12-;/m0./s1. The van der Waals surface area contributed by atoms with Gasteiger partial charge in [-0.15, -0.1) is 12.4 Å². The first-order valence-electron chi connectivity index (χ1n) is 7.92. The van der Waals surface area contributed by atoms with Gasteiger partial charge in [-0.3, -0.25) is 9.59 Å². The Morgan fingerprint density at radius 2 is 2.04 bits per heavy atom. The van der Waals surface area contributed by atoms with Crippen LogP contribution in [0.5, 0.6) is 0 Å². The lowest BCUT2D eigenvalue weighted by Crippen LogP contribution is -2.51. The first kappa shape index (κ1) is 19.7. The molecule has 2 aliphatic rings. The third-order valence-electron chi connectivity index (χ3n) is 4.34. The van der Waals surface area contributed by atoms with E-state index in [1.807, 2.05) is 0 Å². The molecule has 1 aliphatic carbocycles. The van der Waals surface area contributed by atoms with Crippen LogP contribution in [0.1, 0.15) is 38.5 Å². The number of hydrogen-bond donors (Lipinski definition) is 3. The SMILES string of the molecule is COC(=O)[C@H](C[C@@H]1CCCNC1=O)NC(=O)[C@@H](N)CC1CC1.Cl. The molecule has 2 rings (SSSR count). The van der Waals surface area contributed by atoms with E-state index < -0.39 is 18.1 Å². The van der Waals surface area contributed by atoms with Crippen LogP contribution in [0, 0.1) is 11.8 Å².